The molecule has 0 aliphatic rings. The van der Waals surface area contributed by atoms with Crippen LogP contribution >= 0.6 is 0 Å². The Bertz CT molecular complexity index is 410. The van der Waals surface area contributed by atoms with Gasteiger partial charge in [-0.3, -0.25) is 4.79 Å². The molecule has 0 heterocycles. The summed E-state index contributed by atoms with van der Waals surface area (Å²) >= 11 is 0. The second kappa shape index (κ2) is 6.57. The van der Waals surface area contributed by atoms with Crippen LogP contribution in [0.1, 0.15) is 32.3 Å². The minimum absolute atomic E-state index is 0.219. The van der Waals surface area contributed by atoms with Crippen molar-refractivity contribution in [1.29, 1.82) is 0 Å². The summed E-state index contributed by atoms with van der Waals surface area (Å²) in [5, 5.41) is 10.4. The first-order chi connectivity index (χ1) is 8.86. The molecule has 4 nitrogen and oxygen atoms in total. The van der Waals surface area contributed by atoms with Gasteiger partial charge in [-0.1, -0.05) is 12.1 Å². The summed E-state index contributed by atoms with van der Waals surface area (Å²) in [5.41, 5.74) is 0.866. The number of anilines is 1. The Morgan fingerprint density at radius 3 is 2.37 bits per heavy atom. The molecule has 1 aromatic carbocycles. The summed E-state index contributed by atoms with van der Waals surface area (Å²) in [6.45, 7) is 3.87. The lowest BCUT2D eigenvalue weighted by molar-refractivity contribution is -0.144. The van der Waals surface area contributed by atoms with E-state index < -0.39 is 5.60 Å². The fraction of sp³-hybridized carbons (Fsp3) is 0.533. The fourth-order valence-electron chi connectivity index (χ4n) is 1.84. The van der Waals surface area contributed by atoms with E-state index in [0.717, 1.165) is 11.3 Å². The molecule has 1 aromatic rings. The highest BCUT2D eigenvalue weighted by atomic mass is 16.5. The number of hydrogen-bond acceptors (Lipinski definition) is 4. The van der Waals surface area contributed by atoms with Crippen LogP contribution in [0.5, 0.6) is 0 Å². The number of aliphatic hydroxyl groups is 1. The van der Waals surface area contributed by atoms with Crippen LogP contribution in [0, 0.1) is 0 Å². The van der Waals surface area contributed by atoms with Crippen molar-refractivity contribution >= 4 is 11.7 Å². The van der Waals surface area contributed by atoms with Crippen molar-refractivity contribution in [2.45, 2.75) is 32.3 Å². The number of ether oxygens (including phenoxy) is 1. The summed E-state index contributed by atoms with van der Waals surface area (Å²) in [6, 6.07) is 7.68. The average molecular weight is 265 g/mol. The SMILES string of the molecule is CCOC(=O)CCC(C)(O)c1ccc(N(C)C)cc1. The van der Waals surface area contributed by atoms with Crippen molar-refractivity contribution in [2.24, 2.45) is 0 Å². The molecule has 0 spiro atoms. The molecule has 4 heteroatoms. The lowest BCUT2D eigenvalue weighted by Crippen LogP contribution is -2.23. The van der Waals surface area contributed by atoms with E-state index in [0.29, 0.717) is 13.0 Å². The summed E-state index contributed by atoms with van der Waals surface area (Å²) < 4.78 is 4.87. The Hall–Kier alpha value is -1.55. The van der Waals surface area contributed by atoms with E-state index >= 15 is 0 Å². The predicted octanol–water partition coefficient (Wildman–Crippen LogP) is 2.30. The Labute approximate surface area is 115 Å². The van der Waals surface area contributed by atoms with E-state index in [1.807, 2.05) is 43.3 Å². The molecule has 0 amide bonds. The molecule has 0 saturated heterocycles. The van der Waals surface area contributed by atoms with Crippen LogP contribution in [-0.4, -0.2) is 31.8 Å². The molecule has 0 aliphatic heterocycles. The van der Waals surface area contributed by atoms with E-state index in [1.54, 1.807) is 13.8 Å². The molecule has 0 aliphatic carbocycles. The fourth-order valence-corrected chi connectivity index (χ4v) is 1.84. The van der Waals surface area contributed by atoms with Crippen LogP contribution in [0.25, 0.3) is 0 Å². The molecule has 0 radical (unpaired) electrons. The van der Waals surface area contributed by atoms with Crippen molar-refractivity contribution in [3.63, 3.8) is 0 Å². The maximum atomic E-state index is 11.3. The zero-order chi connectivity index (χ0) is 14.5. The predicted molar refractivity (Wildman–Crippen MR) is 76.2 cm³/mol. The molecule has 1 unspecified atom stereocenters. The normalized spacial score (nSPS) is 13.7. The van der Waals surface area contributed by atoms with Crippen LogP contribution in [0.3, 0.4) is 0 Å². The third kappa shape index (κ3) is 4.56. The van der Waals surface area contributed by atoms with Crippen molar-refractivity contribution in [3.05, 3.63) is 29.8 Å². The Balaban J connectivity index is 2.68. The van der Waals surface area contributed by atoms with E-state index in [2.05, 4.69) is 0 Å². The van der Waals surface area contributed by atoms with Gasteiger partial charge in [0.15, 0.2) is 0 Å². The first-order valence-electron chi connectivity index (χ1n) is 6.52. The number of carbonyl (C=O) groups is 1. The van der Waals surface area contributed by atoms with Crippen LogP contribution in [0.15, 0.2) is 24.3 Å². The van der Waals surface area contributed by atoms with Gasteiger partial charge >= 0.3 is 5.97 Å². The monoisotopic (exact) mass is 265 g/mol. The summed E-state index contributed by atoms with van der Waals surface area (Å²) in [6.07, 6.45) is 0.573. The summed E-state index contributed by atoms with van der Waals surface area (Å²) in [4.78, 5) is 13.3. The largest absolute Gasteiger partial charge is 0.466 e. The third-order valence-electron chi connectivity index (χ3n) is 3.13. The molecule has 106 valence electrons. The second-order valence-electron chi connectivity index (χ2n) is 5.02. The number of carbonyl (C=O) groups excluding carboxylic acids is 1. The molecule has 0 aromatic heterocycles. The van der Waals surface area contributed by atoms with E-state index in [4.69, 9.17) is 4.74 Å². The van der Waals surface area contributed by atoms with Gasteiger partial charge in [-0.05, 0) is 38.0 Å². The van der Waals surface area contributed by atoms with E-state index in [-0.39, 0.29) is 12.4 Å². The standard InChI is InChI=1S/C15H23NO3/c1-5-19-14(17)10-11-15(2,18)12-6-8-13(9-7-12)16(3)4/h6-9,18H,5,10-11H2,1-4H3. The van der Waals surface area contributed by atoms with Gasteiger partial charge in [-0.2, -0.15) is 0 Å². The lowest BCUT2D eigenvalue weighted by Gasteiger charge is -2.24. The zero-order valence-electron chi connectivity index (χ0n) is 12.1. The highest BCUT2D eigenvalue weighted by Crippen LogP contribution is 2.27. The van der Waals surface area contributed by atoms with Crippen molar-refractivity contribution in [1.82, 2.24) is 0 Å². The van der Waals surface area contributed by atoms with Crippen LogP contribution in [0.2, 0.25) is 0 Å². The van der Waals surface area contributed by atoms with Crippen molar-refractivity contribution in [2.75, 3.05) is 25.6 Å². The van der Waals surface area contributed by atoms with Crippen LogP contribution in [0.4, 0.5) is 5.69 Å². The zero-order valence-corrected chi connectivity index (χ0v) is 12.1. The second-order valence-corrected chi connectivity index (χ2v) is 5.02. The molecular weight excluding hydrogens is 242 g/mol. The van der Waals surface area contributed by atoms with Crippen LogP contribution < -0.4 is 4.90 Å². The minimum Gasteiger partial charge on any atom is -0.466 e. The number of nitrogens with zero attached hydrogens (tertiary/aromatic N) is 1. The van der Waals surface area contributed by atoms with Crippen LogP contribution in [-0.2, 0) is 15.1 Å². The topological polar surface area (TPSA) is 49.8 Å². The first kappa shape index (κ1) is 15.5. The van der Waals surface area contributed by atoms with Gasteiger partial charge < -0.3 is 14.7 Å². The van der Waals surface area contributed by atoms with Crippen molar-refractivity contribution in [3.8, 4) is 0 Å². The molecule has 1 atom stereocenters. The van der Waals surface area contributed by atoms with Gasteiger partial charge in [0.05, 0.1) is 12.2 Å². The quantitative estimate of drug-likeness (QED) is 0.802. The average Bonchev–Trinajstić information content (AvgIpc) is 2.37. The first-order valence-corrected chi connectivity index (χ1v) is 6.52. The number of rotatable bonds is 6. The maximum Gasteiger partial charge on any atom is 0.305 e. The number of benzene rings is 1. The van der Waals surface area contributed by atoms with E-state index in [1.165, 1.54) is 0 Å². The van der Waals surface area contributed by atoms with Crippen molar-refractivity contribution < 1.29 is 14.6 Å². The molecule has 1 rings (SSSR count). The van der Waals surface area contributed by atoms with Gasteiger partial charge in [0, 0.05) is 26.2 Å². The Kier molecular flexibility index (Phi) is 5.36. The maximum absolute atomic E-state index is 11.3. The third-order valence-corrected chi connectivity index (χ3v) is 3.13. The highest BCUT2D eigenvalue weighted by molar-refractivity contribution is 5.69. The molecule has 0 saturated carbocycles. The summed E-state index contributed by atoms with van der Waals surface area (Å²) in [5.74, 6) is -0.271. The highest BCUT2D eigenvalue weighted by Gasteiger charge is 2.24. The molecule has 1 N–H and O–H groups in total. The van der Waals surface area contributed by atoms with Gasteiger partial charge in [0.1, 0.15) is 0 Å². The Morgan fingerprint density at radius 1 is 1.32 bits per heavy atom. The molecular formula is C15H23NO3. The number of esters is 1. The lowest BCUT2D eigenvalue weighted by atomic mass is 9.91. The Morgan fingerprint density at radius 2 is 1.89 bits per heavy atom. The number of hydrogen-bond donors (Lipinski definition) is 1. The minimum atomic E-state index is -1.02. The smallest absolute Gasteiger partial charge is 0.305 e. The van der Waals surface area contributed by atoms with Gasteiger partial charge in [0.25, 0.3) is 0 Å². The van der Waals surface area contributed by atoms with Gasteiger partial charge in [-0.15, -0.1) is 0 Å². The molecule has 0 fully saturated rings. The molecule has 19 heavy (non-hydrogen) atoms. The summed E-state index contributed by atoms with van der Waals surface area (Å²) in [7, 11) is 3.93. The van der Waals surface area contributed by atoms with E-state index in [9.17, 15) is 9.90 Å². The van der Waals surface area contributed by atoms with Gasteiger partial charge in [0.2, 0.25) is 0 Å². The van der Waals surface area contributed by atoms with Gasteiger partial charge in [-0.25, -0.2) is 0 Å². The molecule has 0 bridgehead atoms.